The van der Waals surface area contributed by atoms with Gasteiger partial charge in [0.2, 0.25) is 0 Å². The normalized spacial score (nSPS) is 29.1. The highest BCUT2D eigenvalue weighted by molar-refractivity contribution is 5.91. The Balaban J connectivity index is 1.36. The number of carbonyl (C=O) groups is 1. The molecule has 136 valence electrons. The Morgan fingerprint density at radius 3 is 2.52 bits per heavy atom. The summed E-state index contributed by atoms with van der Waals surface area (Å²) in [5.74, 6) is 0.723. The standard InChI is InChI=1S/C20H29N3O2/c1-2-25-19-9-4-3-8-18(19)22-20(24)21-14-12-16-6-5-7-17(13-14)23(16)15-10-11-15/h3-4,8-9,14-17H,2,5-7,10-13H2,1H3,(H2,21,22,24)/t16-,17-/m1/s1. The second-order valence-corrected chi connectivity index (χ2v) is 7.61. The van der Waals surface area contributed by atoms with Crippen molar-refractivity contribution >= 4 is 11.7 Å². The number of amides is 2. The molecule has 2 aliphatic heterocycles. The molecule has 1 aliphatic carbocycles. The molecule has 0 spiro atoms. The molecule has 1 aromatic carbocycles. The number of anilines is 1. The minimum absolute atomic E-state index is 0.116. The third-order valence-corrected chi connectivity index (χ3v) is 5.77. The van der Waals surface area contributed by atoms with Crippen molar-refractivity contribution < 1.29 is 9.53 Å². The number of ether oxygens (including phenoxy) is 1. The van der Waals surface area contributed by atoms with Gasteiger partial charge in [-0.2, -0.15) is 0 Å². The van der Waals surface area contributed by atoms with Gasteiger partial charge in [-0.15, -0.1) is 0 Å². The molecular weight excluding hydrogens is 314 g/mol. The van der Waals surface area contributed by atoms with E-state index < -0.39 is 0 Å². The van der Waals surface area contributed by atoms with Crippen LogP contribution in [0, 0.1) is 0 Å². The molecule has 3 fully saturated rings. The largest absolute Gasteiger partial charge is 0.492 e. The number of benzene rings is 1. The lowest BCUT2D eigenvalue weighted by molar-refractivity contribution is 0.0198. The average Bonchev–Trinajstić information content (AvgIpc) is 3.41. The van der Waals surface area contributed by atoms with E-state index in [1.807, 2.05) is 31.2 Å². The summed E-state index contributed by atoms with van der Waals surface area (Å²) in [5, 5.41) is 6.18. The van der Waals surface area contributed by atoms with Crippen LogP contribution < -0.4 is 15.4 Å². The Bertz CT molecular complexity index is 603. The van der Waals surface area contributed by atoms with Gasteiger partial charge < -0.3 is 15.4 Å². The fourth-order valence-corrected chi connectivity index (χ4v) is 4.70. The van der Waals surface area contributed by atoms with E-state index in [4.69, 9.17) is 4.74 Å². The number of hydrogen-bond donors (Lipinski definition) is 2. The van der Waals surface area contributed by atoms with Crippen molar-refractivity contribution in [3.8, 4) is 5.75 Å². The van der Waals surface area contributed by atoms with Gasteiger partial charge in [0, 0.05) is 24.2 Å². The van der Waals surface area contributed by atoms with Gasteiger partial charge in [-0.3, -0.25) is 4.90 Å². The maximum absolute atomic E-state index is 12.5. The van der Waals surface area contributed by atoms with Gasteiger partial charge in [0.25, 0.3) is 0 Å². The molecule has 0 unspecified atom stereocenters. The van der Waals surface area contributed by atoms with Gasteiger partial charge in [-0.1, -0.05) is 18.6 Å². The summed E-state index contributed by atoms with van der Waals surface area (Å²) < 4.78 is 5.59. The number of hydrogen-bond acceptors (Lipinski definition) is 3. The predicted molar refractivity (Wildman–Crippen MR) is 99.1 cm³/mol. The summed E-state index contributed by atoms with van der Waals surface area (Å²) in [4.78, 5) is 15.3. The molecule has 5 heteroatoms. The molecule has 4 rings (SSSR count). The van der Waals surface area contributed by atoms with Crippen LogP contribution in [0.25, 0.3) is 0 Å². The molecule has 3 aliphatic rings. The number of fused-ring (bicyclic) bond motifs is 2. The van der Waals surface area contributed by atoms with Crippen LogP contribution in [0.1, 0.15) is 51.9 Å². The number of rotatable bonds is 5. The molecule has 2 heterocycles. The highest BCUT2D eigenvalue weighted by atomic mass is 16.5. The lowest BCUT2D eigenvalue weighted by Crippen LogP contribution is -2.58. The first-order valence-corrected chi connectivity index (χ1v) is 9.81. The molecule has 2 bridgehead atoms. The minimum Gasteiger partial charge on any atom is -0.492 e. The first-order chi connectivity index (χ1) is 12.2. The number of urea groups is 1. The van der Waals surface area contributed by atoms with E-state index in [1.54, 1.807) is 0 Å². The Morgan fingerprint density at radius 1 is 1.12 bits per heavy atom. The van der Waals surface area contributed by atoms with Crippen molar-refractivity contribution in [2.24, 2.45) is 0 Å². The smallest absolute Gasteiger partial charge is 0.319 e. The average molecular weight is 343 g/mol. The number of carbonyl (C=O) groups excluding carboxylic acids is 1. The van der Waals surface area contributed by atoms with Crippen LogP contribution in [-0.4, -0.2) is 41.7 Å². The fourth-order valence-electron chi connectivity index (χ4n) is 4.70. The summed E-state index contributed by atoms with van der Waals surface area (Å²) in [6.07, 6.45) is 8.86. The summed E-state index contributed by atoms with van der Waals surface area (Å²) in [6, 6.07) is 9.94. The van der Waals surface area contributed by atoms with E-state index in [9.17, 15) is 4.79 Å². The zero-order valence-corrected chi connectivity index (χ0v) is 15.0. The summed E-state index contributed by atoms with van der Waals surface area (Å²) >= 11 is 0. The van der Waals surface area contributed by atoms with Gasteiger partial charge in [0.1, 0.15) is 5.75 Å². The Labute approximate surface area is 150 Å². The Kier molecular flexibility index (Phi) is 4.84. The molecule has 5 nitrogen and oxygen atoms in total. The summed E-state index contributed by atoms with van der Waals surface area (Å²) in [6.45, 7) is 2.53. The molecule has 2 amide bonds. The van der Waals surface area contributed by atoms with Crippen molar-refractivity contribution in [1.82, 2.24) is 10.2 Å². The maximum Gasteiger partial charge on any atom is 0.319 e. The third kappa shape index (κ3) is 3.76. The van der Waals surface area contributed by atoms with Crippen LogP contribution in [0.3, 0.4) is 0 Å². The van der Waals surface area contributed by atoms with Crippen molar-refractivity contribution in [2.45, 2.75) is 76.0 Å². The number of nitrogens with one attached hydrogen (secondary N) is 2. The zero-order valence-electron chi connectivity index (χ0n) is 15.0. The van der Waals surface area contributed by atoms with Crippen molar-refractivity contribution in [3.05, 3.63) is 24.3 Å². The van der Waals surface area contributed by atoms with Crippen LogP contribution in [0.15, 0.2) is 24.3 Å². The number of piperidine rings is 2. The topological polar surface area (TPSA) is 53.6 Å². The van der Waals surface area contributed by atoms with Crippen molar-refractivity contribution in [3.63, 3.8) is 0 Å². The quantitative estimate of drug-likeness (QED) is 0.856. The number of para-hydroxylation sites is 2. The van der Waals surface area contributed by atoms with Crippen molar-refractivity contribution in [1.29, 1.82) is 0 Å². The second kappa shape index (κ2) is 7.24. The SMILES string of the molecule is CCOc1ccccc1NC(=O)NC1C[C@H]2CCC[C@H](C1)N2C1CC1. The van der Waals surface area contributed by atoms with Gasteiger partial charge in [0.05, 0.1) is 12.3 Å². The van der Waals surface area contributed by atoms with Gasteiger partial charge in [0.15, 0.2) is 0 Å². The Morgan fingerprint density at radius 2 is 1.84 bits per heavy atom. The number of nitrogens with zero attached hydrogens (tertiary/aromatic N) is 1. The lowest BCUT2D eigenvalue weighted by Gasteiger charge is -2.49. The molecule has 2 atom stereocenters. The van der Waals surface area contributed by atoms with Crippen LogP contribution in [0.4, 0.5) is 10.5 Å². The fraction of sp³-hybridized carbons (Fsp3) is 0.650. The molecule has 2 N–H and O–H groups in total. The van der Waals surface area contributed by atoms with Crippen molar-refractivity contribution in [2.75, 3.05) is 11.9 Å². The highest BCUT2D eigenvalue weighted by Gasteiger charge is 2.45. The van der Waals surface area contributed by atoms with Crippen LogP contribution in [0.2, 0.25) is 0 Å². The maximum atomic E-state index is 12.5. The summed E-state index contributed by atoms with van der Waals surface area (Å²) in [7, 11) is 0. The van der Waals surface area contributed by atoms with E-state index in [-0.39, 0.29) is 12.1 Å². The minimum atomic E-state index is -0.116. The second-order valence-electron chi connectivity index (χ2n) is 7.61. The van der Waals surface area contributed by atoms with Crippen LogP contribution in [0.5, 0.6) is 5.75 Å². The van der Waals surface area contributed by atoms with Gasteiger partial charge >= 0.3 is 6.03 Å². The zero-order chi connectivity index (χ0) is 17.2. The first-order valence-electron chi connectivity index (χ1n) is 9.81. The molecule has 1 saturated carbocycles. The molecule has 1 aromatic rings. The van der Waals surface area contributed by atoms with E-state index in [0.29, 0.717) is 18.7 Å². The van der Waals surface area contributed by atoms with E-state index in [2.05, 4.69) is 15.5 Å². The van der Waals surface area contributed by atoms with Gasteiger partial charge in [-0.05, 0) is 57.6 Å². The highest BCUT2D eigenvalue weighted by Crippen LogP contribution is 2.41. The van der Waals surface area contributed by atoms with Gasteiger partial charge in [-0.25, -0.2) is 4.79 Å². The molecule has 25 heavy (non-hydrogen) atoms. The lowest BCUT2D eigenvalue weighted by atomic mass is 9.81. The molecular formula is C20H29N3O2. The predicted octanol–water partition coefficient (Wildman–Crippen LogP) is 3.75. The first kappa shape index (κ1) is 16.7. The summed E-state index contributed by atoms with van der Waals surface area (Å²) in [5.41, 5.74) is 0.734. The third-order valence-electron chi connectivity index (χ3n) is 5.77. The van der Waals surface area contributed by atoms with Crippen LogP contribution in [-0.2, 0) is 0 Å². The molecule has 2 saturated heterocycles. The monoisotopic (exact) mass is 343 g/mol. The van der Waals surface area contributed by atoms with E-state index in [0.717, 1.165) is 30.3 Å². The molecule has 0 aromatic heterocycles. The molecule has 0 radical (unpaired) electrons. The van der Waals surface area contributed by atoms with E-state index in [1.165, 1.54) is 32.1 Å². The Hall–Kier alpha value is -1.75. The van der Waals surface area contributed by atoms with E-state index >= 15 is 0 Å². The van der Waals surface area contributed by atoms with Crippen LogP contribution >= 0.6 is 0 Å².